The molecule has 0 aliphatic carbocycles. The summed E-state index contributed by atoms with van der Waals surface area (Å²) >= 11 is 0. The minimum Gasteiger partial charge on any atom is -0.466 e. The summed E-state index contributed by atoms with van der Waals surface area (Å²) in [6.45, 7) is 5.33. The van der Waals surface area contributed by atoms with Crippen LogP contribution in [0.1, 0.15) is 30.9 Å². The number of benzene rings is 2. The molecule has 0 atom stereocenters. The van der Waals surface area contributed by atoms with Crippen molar-refractivity contribution in [1.29, 1.82) is 0 Å². The van der Waals surface area contributed by atoms with Crippen LogP contribution in [-0.4, -0.2) is 40.7 Å². The summed E-state index contributed by atoms with van der Waals surface area (Å²) in [5.74, 6) is -0.526. The van der Waals surface area contributed by atoms with Crippen molar-refractivity contribution in [3.63, 3.8) is 0 Å². The fourth-order valence-corrected chi connectivity index (χ4v) is 4.67. The minimum absolute atomic E-state index is 0.161. The van der Waals surface area contributed by atoms with Crippen LogP contribution < -0.4 is 21.3 Å². The number of piperidine rings is 1. The van der Waals surface area contributed by atoms with Crippen molar-refractivity contribution in [3.05, 3.63) is 68.2 Å². The quantitative estimate of drug-likeness (QED) is 0.419. The van der Waals surface area contributed by atoms with Gasteiger partial charge in [0.15, 0.2) is 0 Å². The van der Waals surface area contributed by atoms with Crippen LogP contribution in [0.4, 0.5) is 11.4 Å². The zero-order valence-corrected chi connectivity index (χ0v) is 21.2. The molecule has 190 valence electrons. The van der Waals surface area contributed by atoms with Crippen molar-refractivity contribution < 1.29 is 14.3 Å². The highest BCUT2D eigenvalue weighted by atomic mass is 16.5. The predicted molar refractivity (Wildman–Crippen MR) is 140 cm³/mol. The highest BCUT2D eigenvalue weighted by Gasteiger charge is 2.28. The van der Waals surface area contributed by atoms with Crippen molar-refractivity contribution in [3.8, 4) is 0 Å². The molecule has 9 heteroatoms. The molecule has 9 nitrogen and oxygen atoms in total. The normalized spacial score (nSPS) is 14.2. The maximum atomic E-state index is 13.0. The topological polar surface area (TPSA) is 103 Å². The lowest BCUT2D eigenvalue weighted by atomic mass is 9.96. The summed E-state index contributed by atoms with van der Waals surface area (Å²) in [5.41, 5.74) is 3.19. The Labute approximate surface area is 209 Å². The van der Waals surface area contributed by atoms with Crippen LogP contribution in [0.25, 0.3) is 11.0 Å². The molecule has 0 saturated carbocycles. The van der Waals surface area contributed by atoms with E-state index in [1.54, 1.807) is 27.1 Å². The third-order valence-electron chi connectivity index (χ3n) is 6.82. The molecule has 0 spiro atoms. The number of rotatable bonds is 6. The molecule has 0 bridgehead atoms. The Hall–Kier alpha value is -3.88. The van der Waals surface area contributed by atoms with E-state index in [1.165, 1.54) is 9.13 Å². The van der Waals surface area contributed by atoms with Gasteiger partial charge in [0, 0.05) is 27.2 Å². The molecule has 4 rings (SSSR count). The highest BCUT2D eigenvalue weighted by molar-refractivity contribution is 5.99. The zero-order valence-electron chi connectivity index (χ0n) is 21.2. The van der Waals surface area contributed by atoms with E-state index < -0.39 is 11.1 Å². The second-order valence-electron chi connectivity index (χ2n) is 9.31. The average molecular weight is 493 g/mol. The van der Waals surface area contributed by atoms with Gasteiger partial charge >= 0.3 is 17.1 Å². The molecule has 1 aliphatic heterocycles. The van der Waals surface area contributed by atoms with Gasteiger partial charge in [0.2, 0.25) is 5.91 Å². The number of esters is 1. The molecule has 1 N–H and O–H groups in total. The lowest BCUT2D eigenvalue weighted by molar-refractivity contribution is -0.148. The number of aromatic nitrogens is 2. The first-order valence-corrected chi connectivity index (χ1v) is 12.2. The van der Waals surface area contributed by atoms with Gasteiger partial charge in [0.1, 0.15) is 0 Å². The monoisotopic (exact) mass is 492 g/mol. The van der Waals surface area contributed by atoms with Gasteiger partial charge in [0.05, 0.1) is 41.4 Å². The largest absolute Gasteiger partial charge is 0.466 e. The summed E-state index contributed by atoms with van der Waals surface area (Å²) in [6, 6.07) is 11.4. The Morgan fingerprint density at radius 1 is 0.972 bits per heavy atom. The summed E-state index contributed by atoms with van der Waals surface area (Å²) in [6.07, 6.45) is 1.45. The molecule has 3 aromatic rings. The van der Waals surface area contributed by atoms with Gasteiger partial charge in [0.25, 0.3) is 0 Å². The molecular formula is C27H32N4O5. The fourth-order valence-electron chi connectivity index (χ4n) is 4.67. The summed E-state index contributed by atoms with van der Waals surface area (Å²) in [5, 5.41) is 3.02. The summed E-state index contributed by atoms with van der Waals surface area (Å²) in [7, 11) is 3.12. The number of carbonyl (C=O) groups is 2. The maximum absolute atomic E-state index is 13.0. The third-order valence-corrected chi connectivity index (χ3v) is 6.82. The van der Waals surface area contributed by atoms with E-state index in [9.17, 15) is 19.2 Å². The van der Waals surface area contributed by atoms with E-state index in [1.807, 2.05) is 37.3 Å². The number of nitrogens with zero attached hydrogens (tertiary/aromatic N) is 3. The number of carbonyl (C=O) groups excluding carboxylic acids is 2. The number of nitrogens with one attached hydrogen (secondary N) is 1. The number of fused-ring (bicyclic) bond motifs is 1. The molecule has 1 amide bonds. The lowest BCUT2D eigenvalue weighted by Crippen LogP contribution is -2.40. The standard InChI is InChI=1S/C27H32N4O5/c1-5-36-27(35)19-10-12-31(13-11-19)21-16-23-22(29(3)25(33)26(34)30(23)4)15-20(21)28-24(32)14-18-8-6-17(2)7-9-18/h6-9,15-16,19H,5,10-14H2,1-4H3,(H,28,32). The van der Waals surface area contributed by atoms with Gasteiger partial charge < -0.3 is 24.1 Å². The Kier molecular flexibility index (Phi) is 7.28. The molecule has 1 aromatic heterocycles. The second-order valence-corrected chi connectivity index (χ2v) is 9.31. The first-order valence-electron chi connectivity index (χ1n) is 12.2. The molecule has 1 aliphatic rings. The van der Waals surface area contributed by atoms with Crippen LogP contribution in [0.3, 0.4) is 0 Å². The van der Waals surface area contributed by atoms with E-state index in [0.29, 0.717) is 49.3 Å². The Bertz CT molecular complexity index is 1410. The van der Waals surface area contributed by atoms with E-state index in [-0.39, 0.29) is 24.2 Å². The number of hydrogen-bond acceptors (Lipinski definition) is 6. The van der Waals surface area contributed by atoms with E-state index >= 15 is 0 Å². The van der Waals surface area contributed by atoms with Crippen LogP contribution in [0, 0.1) is 12.8 Å². The SMILES string of the molecule is CCOC(=O)C1CCN(c2cc3c(cc2NC(=O)Cc2ccc(C)cc2)n(C)c(=O)c(=O)n3C)CC1. The molecule has 1 fully saturated rings. The first kappa shape index (κ1) is 25.2. The van der Waals surface area contributed by atoms with Gasteiger partial charge in [-0.2, -0.15) is 0 Å². The van der Waals surface area contributed by atoms with Crippen LogP contribution >= 0.6 is 0 Å². The van der Waals surface area contributed by atoms with Crippen molar-refractivity contribution >= 4 is 34.3 Å². The zero-order chi connectivity index (χ0) is 26.0. The van der Waals surface area contributed by atoms with E-state index in [2.05, 4.69) is 10.2 Å². The number of anilines is 2. The van der Waals surface area contributed by atoms with Crippen molar-refractivity contribution in [2.75, 3.05) is 29.9 Å². The van der Waals surface area contributed by atoms with E-state index in [4.69, 9.17) is 4.74 Å². The second kappa shape index (κ2) is 10.4. The van der Waals surface area contributed by atoms with Gasteiger partial charge in [-0.1, -0.05) is 29.8 Å². The van der Waals surface area contributed by atoms with Crippen molar-refractivity contribution in [2.45, 2.75) is 33.1 Å². The highest BCUT2D eigenvalue weighted by Crippen LogP contribution is 2.34. The van der Waals surface area contributed by atoms with Gasteiger partial charge in [-0.3, -0.25) is 19.2 Å². The predicted octanol–water partition coefficient (Wildman–Crippen LogP) is 2.51. The van der Waals surface area contributed by atoms with Crippen LogP contribution in [0.5, 0.6) is 0 Å². The smallest absolute Gasteiger partial charge is 0.316 e. The van der Waals surface area contributed by atoms with Gasteiger partial charge in [-0.25, -0.2) is 0 Å². The van der Waals surface area contributed by atoms with Gasteiger partial charge in [-0.15, -0.1) is 0 Å². The molecular weight excluding hydrogens is 460 g/mol. The first-order chi connectivity index (χ1) is 17.2. The van der Waals surface area contributed by atoms with Crippen LogP contribution in [0.15, 0.2) is 46.0 Å². The molecule has 1 saturated heterocycles. The lowest BCUT2D eigenvalue weighted by Gasteiger charge is -2.34. The molecule has 2 heterocycles. The number of aryl methyl sites for hydroxylation is 3. The van der Waals surface area contributed by atoms with Crippen LogP contribution in [-0.2, 0) is 34.8 Å². The van der Waals surface area contributed by atoms with Crippen LogP contribution in [0.2, 0.25) is 0 Å². The minimum atomic E-state index is -0.634. The Morgan fingerprint density at radius 2 is 1.56 bits per heavy atom. The van der Waals surface area contributed by atoms with Crippen molar-refractivity contribution in [2.24, 2.45) is 20.0 Å². The number of hydrogen-bond donors (Lipinski definition) is 1. The Morgan fingerprint density at radius 3 is 2.14 bits per heavy atom. The number of ether oxygens (including phenoxy) is 1. The molecule has 36 heavy (non-hydrogen) atoms. The van der Waals surface area contributed by atoms with Crippen molar-refractivity contribution in [1.82, 2.24) is 9.13 Å². The molecule has 0 unspecified atom stereocenters. The third kappa shape index (κ3) is 5.05. The maximum Gasteiger partial charge on any atom is 0.316 e. The average Bonchev–Trinajstić information content (AvgIpc) is 2.87. The summed E-state index contributed by atoms with van der Waals surface area (Å²) < 4.78 is 7.84. The molecule has 2 aromatic carbocycles. The number of amides is 1. The van der Waals surface area contributed by atoms with Gasteiger partial charge in [-0.05, 0) is 44.4 Å². The molecule has 0 radical (unpaired) electrons. The fraction of sp³-hybridized carbons (Fsp3) is 0.407. The Balaban J connectivity index is 1.70. The van der Waals surface area contributed by atoms with E-state index in [0.717, 1.165) is 16.8 Å². The summed E-state index contributed by atoms with van der Waals surface area (Å²) in [4.78, 5) is 52.2.